The minimum Gasteiger partial charge on any atom is -0.460 e. The number of esters is 1. The number of halogens is 1. The van der Waals surface area contributed by atoms with Crippen LogP contribution < -0.4 is 10.7 Å². The monoisotopic (exact) mass is 731 g/mol. The Morgan fingerprint density at radius 3 is 2.42 bits per heavy atom. The number of fused-ring (bicyclic) bond motifs is 3. The standard InChI is InChI=1S/C37H58FN3O7Si2/c1-24-14-12-18-39-30(43)17-16-25(2)33(26(3)23-38)47-35(45)29-15-13-19-41(29)34(44)32-36(49(7,8)9)46-31(40-32)22-27(42)21-28(20-24)48-50(10,11)37(4,5)6/h12,14,16-17,20,25-26,28-29,33H,13,15,18-19,21-23H2,1-11H3,(H,39,43)/b14-12+,17-16+,24-20+/t25-,26-,28?,29-,33+/m1/s1. The first kappa shape index (κ1) is 41.3. The normalized spacial score (nSPS) is 27.1. The molecule has 0 spiro atoms. The van der Waals surface area contributed by atoms with Crippen molar-refractivity contribution in [3.63, 3.8) is 0 Å². The minimum atomic E-state index is -2.28. The van der Waals surface area contributed by atoms with Gasteiger partial charge in [-0.2, -0.15) is 0 Å². The second-order valence-corrected chi connectivity index (χ2v) is 26.0. The molecule has 1 aromatic rings. The minimum absolute atomic E-state index is 0.0868. The first-order valence-electron chi connectivity index (χ1n) is 17.7. The number of alkyl halides is 1. The van der Waals surface area contributed by atoms with Crippen molar-refractivity contribution in [1.82, 2.24) is 15.2 Å². The van der Waals surface area contributed by atoms with Crippen LogP contribution in [0.3, 0.4) is 0 Å². The second-order valence-electron chi connectivity index (χ2n) is 16.3. The van der Waals surface area contributed by atoms with Crippen LogP contribution in [0.4, 0.5) is 4.39 Å². The number of aromatic nitrogens is 1. The zero-order valence-corrected chi connectivity index (χ0v) is 33.9. The maximum Gasteiger partial charge on any atom is 0.329 e. The van der Waals surface area contributed by atoms with Crippen molar-refractivity contribution < 1.29 is 37.1 Å². The number of carbonyl (C=O) groups is 4. The summed E-state index contributed by atoms with van der Waals surface area (Å²) >= 11 is 0. The van der Waals surface area contributed by atoms with E-state index in [4.69, 9.17) is 13.6 Å². The van der Waals surface area contributed by atoms with Gasteiger partial charge in [-0.25, -0.2) is 9.78 Å². The highest BCUT2D eigenvalue weighted by atomic mass is 28.4. The molecule has 10 nitrogen and oxygen atoms in total. The quantitative estimate of drug-likeness (QED) is 0.286. The van der Waals surface area contributed by atoms with Crippen molar-refractivity contribution in [2.24, 2.45) is 11.8 Å². The Morgan fingerprint density at radius 1 is 1.12 bits per heavy atom. The molecule has 50 heavy (non-hydrogen) atoms. The lowest BCUT2D eigenvalue weighted by Crippen LogP contribution is -2.47. The Bertz CT molecular complexity index is 1490. The number of rotatable bonds is 5. The number of amides is 2. The lowest BCUT2D eigenvalue weighted by atomic mass is 9.93. The summed E-state index contributed by atoms with van der Waals surface area (Å²) in [6, 6.07) is -0.885. The van der Waals surface area contributed by atoms with E-state index in [1.54, 1.807) is 19.9 Å². The van der Waals surface area contributed by atoms with Crippen LogP contribution in [0.25, 0.3) is 0 Å². The summed E-state index contributed by atoms with van der Waals surface area (Å²) in [6.07, 6.45) is 8.16. The topological polar surface area (TPSA) is 128 Å². The molecular formula is C37H58FN3O7Si2. The van der Waals surface area contributed by atoms with Gasteiger partial charge in [-0.3, -0.25) is 18.8 Å². The molecule has 5 atom stereocenters. The lowest BCUT2D eigenvalue weighted by Gasteiger charge is -2.38. The molecule has 3 rings (SSSR count). The molecule has 0 aromatic carbocycles. The van der Waals surface area contributed by atoms with E-state index in [0.717, 1.165) is 5.57 Å². The van der Waals surface area contributed by atoms with E-state index >= 15 is 0 Å². The fourth-order valence-electron chi connectivity index (χ4n) is 5.84. The molecule has 2 aliphatic rings. The predicted octanol–water partition coefficient (Wildman–Crippen LogP) is 6.06. The first-order chi connectivity index (χ1) is 23.1. The van der Waals surface area contributed by atoms with E-state index in [2.05, 4.69) is 44.2 Å². The molecule has 1 fully saturated rings. The number of hydrogen-bond acceptors (Lipinski definition) is 8. The smallest absolute Gasteiger partial charge is 0.329 e. The van der Waals surface area contributed by atoms with Gasteiger partial charge in [0.1, 0.15) is 31.4 Å². The third-order valence-corrected chi connectivity index (χ3v) is 15.9. The Hall–Kier alpha value is -3.17. The molecule has 278 valence electrons. The van der Waals surface area contributed by atoms with Gasteiger partial charge in [0.2, 0.25) is 11.8 Å². The number of oxazole rings is 1. The summed E-state index contributed by atoms with van der Waals surface area (Å²) in [5, 5.41) is 3.18. The van der Waals surface area contributed by atoms with Gasteiger partial charge in [0.15, 0.2) is 14.0 Å². The highest BCUT2D eigenvalue weighted by Crippen LogP contribution is 2.38. The second kappa shape index (κ2) is 16.9. The van der Waals surface area contributed by atoms with Crippen molar-refractivity contribution in [2.75, 3.05) is 19.8 Å². The summed E-state index contributed by atoms with van der Waals surface area (Å²) in [6.45, 7) is 22.0. The van der Waals surface area contributed by atoms with E-state index in [0.29, 0.717) is 24.8 Å². The van der Waals surface area contributed by atoms with Crippen LogP contribution in [0.5, 0.6) is 0 Å². The van der Waals surface area contributed by atoms with Crippen LogP contribution in [0.15, 0.2) is 40.4 Å². The summed E-state index contributed by atoms with van der Waals surface area (Å²) in [5.74, 6) is -2.53. The predicted molar refractivity (Wildman–Crippen MR) is 198 cm³/mol. The van der Waals surface area contributed by atoms with Gasteiger partial charge in [-0.1, -0.05) is 84.1 Å². The highest BCUT2D eigenvalue weighted by Gasteiger charge is 2.42. The maximum absolute atomic E-state index is 14.1. The third kappa shape index (κ3) is 10.9. The number of ketones is 1. The van der Waals surface area contributed by atoms with Crippen LogP contribution in [-0.2, 0) is 30.0 Å². The molecule has 13 heteroatoms. The summed E-state index contributed by atoms with van der Waals surface area (Å²) in [4.78, 5) is 60.1. The molecule has 2 bridgehead atoms. The Morgan fingerprint density at radius 2 is 1.80 bits per heavy atom. The summed E-state index contributed by atoms with van der Waals surface area (Å²) in [5.41, 5.74) is 0.990. The molecule has 0 saturated carbocycles. The number of Topliss-reactive ketones (excluding diaryl/α,β-unsaturated/α-hetero) is 1. The van der Waals surface area contributed by atoms with Crippen molar-refractivity contribution in [3.8, 4) is 0 Å². The van der Waals surface area contributed by atoms with Gasteiger partial charge < -0.3 is 23.8 Å². The molecule has 2 amide bonds. The van der Waals surface area contributed by atoms with Gasteiger partial charge in [-0.15, -0.1) is 0 Å². The lowest BCUT2D eigenvalue weighted by molar-refractivity contribution is -0.158. The van der Waals surface area contributed by atoms with Crippen LogP contribution in [0.1, 0.15) is 77.2 Å². The highest BCUT2D eigenvalue weighted by molar-refractivity contribution is 6.88. The van der Waals surface area contributed by atoms with Crippen molar-refractivity contribution in [3.05, 3.63) is 47.5 Å². The molecule has 3 heterocycles. The van der Waals surface area contributed by atoms with Gasteiger partial charge in [-0.05, 0) is 44.0 Å². The van der Waals surface area contributed by atoms with Gasteiger partial charge >= 0.3 is 5.97 Å². The van der Waals surface area contributed by atoms with Crippen LogP contribution in [0.2, 0.25) is 37.8 Å². The third-order valence-electron chi connectivity index (χ3n) is 9.72. The van der Waals surface area contributed by atoms with E-state index in [9.17, 15) is 23.6 Å². The fourth-order valence-corrected chi connectivity index (χ4v) is 8.40. The van der Waals surface area contributed by atoms with E-state index < -0.39 is 65.0 Å². The zero-order valence-electron chi connectivity index (χ0n) is 31.9. The molecule has 2 aliphatic heterocycles. The average molecular weight is 732 g/mol. The zero-order chi connectivity index (χ0) is 37.6. The van der Waals surface area contributed by atoms with Crippen molar-refractivity contribution >= 4 is 45.3 Å². The van der Waals surface area contributed by atoms with E-state index in [1.807, 2.05) is 44.8 Å². The van der Waals surface area contributed by atoms with E-state index in [1.165, 1.54) is 11.0 Å². The van der Waals surface area contributed by atoms with Gasteiger partial charge in [0, 0.05) is 31.3 Å². The van der Waals surface area contributed by atoms with E-state index in [-0.39, 0.29) is 47.7 Å². The average Bonchev–Trinajstić information content (AvgIpc) is 3.67. The van der Waals surface area contributed by atoms with Gasteiger partial charge in [0.25, 0.3) is 5.91 Å². The Balaban J connectivity index is 2.07. The number of carbonyl (C=O) groups excluding carboxylic acids is 4. The molecule has 0 aliphatic carbocycles. The number of nitrogens with one attached hydrogen (secondary N) is 1. The largest absolute Gasteiger partial charge is 0.460 e. The molecule has 0 radical (unpaired) electrons. The molecule has 1 aromatic heterocycles. The van der Waals surface area contributed by atoms with Crippen LogP contribution in [0, 0.1) is 11.8 Å². The summed E-state index contributed by atoms with van der Waals surface area (Å²) in [7, 11) is -4.56. The Labute approximate surface area is 299 Å². The number of allylic oxidation sites excluding steroid dienone is 2. The molecule has 1 saturated heterocycles. The molecular weight excluding hydrogens is 674 g/mol. The maximum atomic E-state index is 14.1. The molecule has 1 unspecified atom stereocenters. The fraction of sp³-hybridized carbons (Fsp3) is 0.649. The first-order valence-corrected chi connectivity index (χ1v) is 24.1. The SMILES string of the molecule is CC1=C\C(O[Si](C)(C)C(C)(C)C)CC(=O)Cc2nc(c([Si](C)(C)C)o2)C(=O)N2CCC[C@@H]2C(=O)O[C@H]([C@H](C)CF)[C@H](C)/C=C/C(=O)NC\C=C\1. The molecule has 1 N–H and O–H groups in total. The van der Waals surface area contributed by atoms with Crippen LogP contribution in [-0.4, -0.2) is 87.9 Å². The summed E-state index contributed by atoms with van der Waals surface area (Å²) < 4.78 is 32.8. The van der Waals surface area contributed by atoms with Crippen LogP contribution >= 0.6 is 0 Å². The van der Waals surface area contributed by atoms with Crippen molar-refractivity contribution in [2.45, 2.75) is 123 Å². The number of cyclic esters (lactones) is 1. The number of nitrogens with zero attached hydrogens (tertiary/aromatic N) is 2. The number of ether oxygens (including phenoxy) is 1. The van der Waals surface area contributed by atoms with Gasteiger partial charge in [0.05, 0.1) is 19.2 Å². The van der Waals surface area contributed by atoms with Crippen molar-refractivity contribution in [1.29, 1.82) is 0 Å². The number of hydrogen-bond donors (Lipinski definition) is 1. The Kier molecular flexibility index (Phi) is 13.9.